The van der Waals surface area contributed by atoms with Crippen molar-refractivity contribution in [1.29, 1.82) is 0 Å². The van der Waals surface area contributed by atoms with Gasteiger partial charge in [-0.15, -0.1) is 0 Å². The first-order valence-corrected chi connectivity index (χ1v) is 8.48. The van der Waals surface area contributed by atoms with Crippen LogP contribution < -0.4 is 5.32 Å². The highest BCUT2D eigenvalue weighted by molar-refractivity contribution is 7.54. The Kier molecular flexibility index (Phi) is 5.55. The highest BCUT2D eigenvalue weighted by Gasteiger charge is 2.36. The van der Waals surface area contributed by atoms with Gasteiger partial charge in [0, 0.05) is 19.9 Å². The van der Waals surface area contributed by atoms with E-state index in [1.807, 2.05) is 6.07 Å². The summed E-state index contributed by atoms with van der Waals surface area (Å²) in [6.45, 7) is 0. The lowest BCUT2D eigenvalue weighted by Gasteiger charge is -2.27. The minimum Gasteiger partial charge on any atom is -0.478 e. The van der Waals surface area contributed by atoms with Crippen molar-refractivity contribution in [3.8, 4) is 0 Å². The molecule has 0 aliphatic carbocycles. The molecule has 0 aliphatic rings. The number of anilines is 1. The van der Waals surface area contributed by atoms with Crippen LogP contribution in [0.3, 0.4) is 0 Å². The summed E-state index contributed by atoms with van der Waals surface area (Å²) in [6.07, 6.45) is 0. The molecule has 2 aromatic carbocycles. The Morgan fingerprint density at radius 2 is 1.61 bits per heavy atom. The number of carboxylic acid groups (broad SMARTS) is 1. The highest BCUT2D eigenvalue weighted by atomic mass is 31.2. The van der Waals surface area contributed by atoms with Gasteiger partial charge in [0.05, 0.1) is 5.56 Å². The van der Waals surface area contributed by atoms with Crippen molar-refractivity contribution in [2.75, 3.05) is 19.5 Å². The van der Waals surface area contributed by atoms with Crippen LogP contribution >= 0.6 is 7.60 Å². The Balaban J connectivity index is 2.48. The van der Waals surface area contributed by atoms with Crippen LogP contribution in [0.2, 0.25) is 0 Å². The van der Waals surface area contributed by atoms with Gasteiger partial charge in [-0.1, -0.05) is 42.5 Å². The molecule has 2 rings (SSSR count). The third-order valence-electron chi connectivity index (χ3n) is 3.39. The van der Waals surface area contributed by atoms with E-state index in [0.29, 0.717) is 11.3 Å². The molecule has 0 aliphatic heterocycles. The average Bonchev–Trinajstić information content (AvgIpc) is 2.60. The molecule has 122 valence electrons. The van der Waals surface area contributed by atoms with Crippen LogP contribution in [0.4, 0.5) is 5.69 Å². The summed E-state index contributed by atoms with van der Waals surface area (Å²) >= 11 is 0. The van der Waals surface area contributed by atoms with Crippen molar-refractivity contribution in [3.05, 3.63) is 65.7 Å². The summed E-state index contributed by atoms with van der Waals surface area (Å²) in [5.41, 5.74) is 1.08. The average molecular weight is 335 g/mol. The number of aromatic carboxylic acids is 1. The Labute approximate surface area is 134 Å². The predicted molar refractivity (Wildman–Crippen MR) is 87.8 cm³/mol. The molecule has 0 saturated heterocycles. The zero-order valence-electron chi connectivity index (χ0n) is 12.8. The summed E-state index contributed by atoms with van der Waals surface area (Å²) in [7, 11) is -0.940. The molecule has 0 bridgehead atoms. The second-order valence-electron chi connectivity index (χ2n) is 4.71. The molecule has 0 aromatic heterocycles. The molecular weight excluding hydrogens is 317 g/mol. The second-order valence-corrected chi connectivity index (χ2v) is 7.04. The predicted octanol–water partition coefficient (Wildman–Crippen LogP) is 3.98. The summed E-state index contributed by atoms with van der Waals surface area (Å²) in [5.74, 6) is -1.91. The first kappa shape index (κ1) is 17.2. The number of carbonyl (C=O) groups is 1. The van der Waals surface area contributed by atoms with Crippen LogP contribution in [0.5, 0.6) is 0 Å². The van der Waals surface area contributed by atoms with Gasteiger partial charge in [0.15, 0.2) is 5.78 Å². The zero-order chi connectivity index (χ0) is 16.9. The molecule has 1 unspecified atom stereocenters. The Morgan fingerprint density at radius 1 is 1.04 bits per heavy atom. The first-order chi connectivity index (χ1) is 11.0. The maximum absolute atomic E-state index is 12.9. The highest BCUT2D eigenvalue weighted by Crippen LogP contribution is 2.59. The molecule has 2 N–H and O–H groups in total. The summed E-state index contributed by atoms with van der Waals surface area (Å²) in [6, 6.07) is 15.4. The quantitative estimate of drug-likeness (QED) is 0.745. The van der Waals surface area contributed by atoms with E-state index in [1.165, 1.54) is 20.3 Å². The van der Waals surface area contributed by atoms with Gasteiger partial charge in [-0.05, 0) is 17.7 Å². The van der Waals surface area contributed by atoms with Crippen LogP contribution in [0.15, 0.2) is 54.6 Å². The minimum absolute atomic E-state index is 0.0761. The Morgan fingerprint density at radius 3 is 2.17 bits per heavy atom. The summed E-state index contributed by atoms with van der Waals surface area (Å²) < 4.78 is 23.1. The first-order valence-electron chi connectivity index (χ1n) is 6.87. The van der Waals surface area contributed by atoms with Crippen LogP contribution in [0, 0.1) is 0 Å². The minimum atomic E-state index is -3.53. The molecule has 0 amide bonds. The Hall–Kier alpha value is -2.14. The normalized spacial score (nSPS) is 12.6. The van der Waals surface area contributed by atoms with Gasteiger partial charge in [0.1, 0.15) is 0 Å². The molecule has 6 nitrogen and oxygen atoms in total. The molecule has 0 radical (unpaired) electrons. The molecule has 0 saturated carbocycles. The van der Waals surface area contributed by atoms with Crippen molar-refractivity contribution < 1.29 is 23.5 Å². The lowest BCUT2D eigenvalue weighted by atomic mass is 10.1. The van der Waals surface area contributed by atoms with Crippen LogP contribution in [-0.2, 0) is 13.6 Å². The molecule has 0 heterocycles. The largest absolute Gasteiger partial charge is 0.478 e. The van der Waals surface area contributed by atoms with E-state index >= 15 is 0 Å². The SMILES string of the molecule is COP(=O)(OC)C(Nc1ccccc1C(=O)O)c1ccccc1. The van der Waals surface area contributed by atoms with Gasteiger partial charge >= 0.3 is 13.6 Å². The van der Waals surface area contributed by atoms with E-state index < -0.39 is 19.3 Å². The number of para-hydroxylation sites is 1. The van der Waals surface area contributed by atoms with E-state index in [9.17, 15) is 14.5 Å². The second kappa shape index (κ2) is 7.42. The molecular formula is C16H18NO5P. The number of benzene rings is 2. The van der Waals surface area contributed by atoms with Gasteiger partial charge in [0.25, 0.3) is 0 Å². The maximum Gasteiger partial charge on any atom is 0.356 e. The number of nitrogens with one attached hydrogen (secondary N) is 1. The van der Waals surface area contributed by atoms with Crippen molar-refractivity contribution in [3.63, 3.8) is 0 Å². The van der Waals surface area contributed by atoms with Gasteiger partial charge in [-0.2, -0.15) is 0 Å². The molecule has 7 heteroatoms. The van der Waals surface area contributed by atoms with E-state index in [2.05, 4.69) is 5.32 Å². The molecule has 0 spiro atoms. The van der Waals surface area contributed by atoms with Crippen molar-refractivity contribution in [2.45, 2.75) is 5.78 Å². The molecule has 1 atom stereocenters. The monoisotopic (exact) mass is 335 g/mol. The fourth-order valence-electron chi connectivity index (χ4n) is 2.21. The lowest BCUT2D eigenvalue weighted by molar-refractivity contribution is 0.0698. The van der Waals surface area contributed by atoms with Gasteiger partial charge in [-0.3, -0.25) is 4.57 Å². The number of rotatable bonds is 7. The van der Waals surface area contributed by atoms with Gasteiger partial charge < -0.3 is 19.5 Å². The fraction of sp³-hybridized carbons (Fsp3) is 0.188. The third kappa shape index (κ3) is 3.79. The summed E-state index contributed by atoms with van der Waals surface area (Å²) in [4.78, 5) is 11.4. The fourth-order valence-corrected chi connectivity index (χ4v) is 3.61. The zero-order valence-corrected chi connectivity index (χ0v) is 13.7. The topological polar surface area (TPSA) is 84.9 Å². The van der Waals surface area contributed by atoms with E-state index in [0.717, 1.165) is 0 Å². The molecule has 23 heavy (non-hydrogen) atoms. The standard InChI is InChI=1S/C16H18NO5P/c1-21-23(20,22-2)15(12-8-4-3-5-9-12)17-14-11-7-6-10-13(14)16(18)19/h3-11,15,17H,1-2H3,(H,18,19). The van der Waals surface area contributed by atoms with Gasteiger partial charge in [-0.25, -0.2) is 4.79 Å². The van der Waals surface area contributed by atoms with E-state index in [-0.39, 0.29) is 5.56 Å². The molecule has 0 fully saturated rings. The van der Waals surface area contributed by atoms with Crippen LogP contribution in [0.1, 0.15) is 21.7 Å². The van der Waals surface area contributed by atoms with Crippen LogP contribution in [-0.4, -0.2) is 25.3 Å². The third-order valence-corrected chi connectivity index (χ3v) is 5.47. The van der Waals surface area contributed by atoms with E-state index in [1.54, 1.807) is 42.5 Å². The van der Waals surface area contributed by atoms with Crippen molar-refractivity contribution in [2.24, 2.45) is 0 Å². The number of hydrogen-bond acceptors (Lipinski definition) is 5. The van der Waals surface area contributed by atoms with E-state index in [4.69, 9.17) is 9.05 Å². The molecule has 2 aromatic rings. The van der Waals surface area contributed by atoms with Crippen molar-refractivity contribution >= 4 is 19.3 Å². The smallest absolute Gasteiger partial charge is 0.356 e. The lowest BCUT2D eigenvalue weighted by Crippen LogP contribution is -2.15. The summed E-state index contributed by atoms with van der Waals surface area (Å²) in [5, 5.41) is 12.3. The Bertz CT molecular complexity index is 711. The number of carboxylic acids is 1. The van der Waals surface area contributed by atoms with Crippen molar-refractivity contribution in [1.82, 2.24) is 0 Å². The van der Waals surface area contributed by atoms with Crippen LogP contribution in [0.25, 0.3) is 0 Å². The van der Waals surface area contributed by atoms with Gasteiger partial charge in [0.2, 0.25) is 0 Å². The maximum atomic E-state index is 12.9. The number of hydrogen-bond donors (Lipinski definition) is 2.